The van der Waals surface area contributed by atoms with Crippen molar-refractivity contribution in [1.29, 1.82) is 0 Å². The van der Waals surface area contributed by atoms with Crippen LogP contribution in [0.25, 0.3) is 11.0 Å². The van der Waals surface area contributed by atoms with Crippen LogP contribution in [0, 0.1) is 0 Å². The van der Waals surface area contributed by atoms with Crippen LogP contribution in [-0.4, -0.2) is 27.8 Å². The average molecular weight is 375 g/mol. The van der Waals surface area contributed by atoms with Crippen LogP contribution in [0.1, 0.15) is 50.5 Å². The summed E-state index contributed by atoms with van der Waals surface area (Å²) in [5.41, 5.74) is 3.98. The zero-order chi connectivity index (χ0) is 19.8. The van der Waals surface area contributed by atoms with E-state index < -0.39 is 0 Å². The number of rotatable bonds is 5. The summed E-state index contributed by atoms with van der Waals surface area (Å²) in [5.74, 6) is 0.974. The van der Waals surface area contributed by atoms with Gasteiger partial charge in [0.15, 0.2) is 5.78 Å². The quantitative estimate of drug-likeness (QED) is 0.669. The molecule has 0 aliphatic carbocycles. The third-order valence-corrected chi connectivity index (χ3v) is 5.75. The van der Waals surface area contributed by atoms with Gasteiger partial charge in [0.1, 0.15) is 5.82 Å². The van der Waals surface area contributed by atoms with Gasteiger partial charge < -0.3 is 9.47 Å². The molecule has 0 saturated carbocycles. The number of Topliss-reactive ketones (excluding diaryl/α,β-unsaturated/α-hetero) is 1. The smallest absolute Gasteiger partial charge is 0.227 e. The molecule has 5 heteroatoms. The van der Waals surface area contributed by atoms with E-state index in [1.165, 1.54) is 5.56 Å². The molecule has 0 bridgehead atoms. The maximum Gasteiger partial charge on any atom is 0.227 e. The van der Waals surface area contributed by atoms with E-state index in [4.69, 9.17) is 4.98 Å². The minimum absolute atomic E-state index is 0.0347. The lowest BCUT2D eigenvalue weighted by atomic mass is 10.1. The van der Waals surface area contributed by atoms with Crippen LogP contribution in [0.4, 0.5) is 5.69 Å². The van der Waals surface area contributed by atoms with E-state index in [2.05, 4.69) is 19.1 Å². The highest BCUT2D eigenvalue weighted by Crippen LogP contribution is 2.35. The van der Waals surface area contributed by atoms with Crippen molar-refractivity contribution < 1.29 is 9.59 Å². The molecule has 0 spiro atoms. The highest BCUT2D eigenvalue weighted by atomic mass is 16.2. The summed E-state index contributed by atoms with van der Waals surface area (Å²) in [6.45, 7) is 6.20. The summed E-state index contributed by atoms with van der Waals surface area (Å²) in [6.07, 6.45) is 1.38. The summed E-state index contributed by atoms with van der Waals surface area (Å²) < 4.78 is 2.01. The fourth-order valence-corrected chi connectivity index (χ4v) is 3.98. The monoisotopic (exact) mass is 375 g/mol. The molecule has 2 atom stereocenters. The lowest BCUT2D eigenvalue weighted by molar-refractivity contribution is -0.119. The number of hydrogen-bond donors (Lipinski definition) is 0. The highest BCUT2D eigenvalue weighted by molar-refractivity contribution is 5.96. The van der Waals surface area contributed by atoms with E-state index in [9.17, 15) is 9.59 Å². The van der Waals surface area contributed by atoms with Gasteiger partial charge in [-0.1, -0.05) is 31.2 Å². The first kappa shape index (κ1) is 18.4. The number of imidazole rings is 1. The molecule has 3 aromatic rings. The van der Waals surface area contributed by atoms with Crippen molar-refractivity contribution in [3.8, 4) is 0 Å². The summed E-state index contributed by atoms with van der Waals surface area (Å²) in [7, 11) is 0. The Bertz CT molecular complexity index is 1040. The summed E-state index contributed by atoms with van der Waals surface area (Å²) >= 11 is 0. The van der Waals surface area contributed by atoms with E-state index in [1.54, 1.807) is 6.92 Å². The number of aryl methyl sites for hydroxylation is 1. The Labute approximate surface area is 165 Å². The molecule has 2 heterocycles. The van der Waals surface area contributed by atoms with E-state index in [0.29, 0.717) is 13.0 Å². The third-order valence-electron chi connectivity index (χ3n) is 5.75. The number of amides is 1. The molecule has 4 rings (SSSR count). The van der Waals surface area contributed by atoms with E-state index in [-0.39, 0.29) is 23.7 Å². The maximum absolute atomic E-state index is 12.8. The number of hydrogen-bond acceptors (Lipinski definition) is 3. The van der Waals surface area contributed by atoms with E-state index in [1.807, 2.05) is 52.8 Å². The number of para-hydroxylation sites is 2. The second kappa shape index (κ2) is 7.23. The minimum Gasteiger partial charge on any atom is -0.317 e. The fraction of sp³-hybridized carbons (Fsp3) is 0.348. The lowest BCUT2D eigenvalue weighted by Gasteiger charge is -2.19. The molecule has 2 unspecified atom stereocenters. The van der Waals surface area contributed by atoms with Crippen molar-refractivity contribution in [2.75, 3.05) is 11.4 Å². The molecule has 1 saturated heterocycles. The van der Waals surface area contributed by atoms with Gasteiger partial charge >= 0.3 is 0 Å². The zero-order valence-electron chi connectivity index (χ0n) is 16.6. The molecule has 1 aromatic heterocycles. The van der Waals surface area contributed by atoms with Gasteiger partial charge in [0.05, 0.1) is 17.1 Å². The molecular weight excluding hydrogens is 350 g/mol. The Morgan fingerprint density at radius 2 is 1.89 bits per heavy atom. The van der Waals surface area contributed by atoms with Gasteiger partial charge in [-0.2, -0.15) is 0 Å². The second-order valence-corrected chi connectivity index (χ2v) is 7.54. The van der Waals surface area contributed by atoms with Crippen molar-refractivity contribution in [3.05, 3.63) is 59.9 Å². The third kappa shape index (κ3) is 3.11. The molecule has 0 radical (unpaired) electrons. The standard InChI is InChI=1S/C23H25N3O2/c1-4-17-9-11-19(12-10-17)25-14-18(13-22(25)28)23-24-20-7-5-6-8-21(20)26(23)15(2)16(3)27/h5-12,15,18H,4,13-14H2,1-3H3. The van der Waals surface area contributed by atoms with Gasteiger partial charge in [-0.25, -0.2) is 4.98 Å². The summed E-state index contributed by atoms with van der Waals surface area (Å²) in [4.78, 5) is 31.6. The Morgan fingerprint density at radius 1 is 1.18 bits per heavy atom. The van der Waals surface area contributed by atoms with Gasteiger partial charge in [-0.05, 0) is 50.1 Å². The normalized spacial score (nSPS) is 18.0. The minimum atomic E-state index is -0.310. The number of ketones is 1. The van der Waals surface area contributed by atoms with Gasteiger partial charge in [0.25, 0.3) is 0 Å². The molecule has 28 heavy (non-hydrogen) atoms. The molecule has 0 N–H and O–H groups in total. The largest absolute Gasteiger partial charge is 0.317 e. The van der Waals surface area contributed by atoms with E-state index >= 15 is 0 Å². The number of nitrogens with zero attached hydrogens (tertiary/aromatic N) is 3. The van der Waals surface area contributed by atoms with Gasteiger partial charge in [0, 0.05) is 24.6 Å². The molecule has 1 fully saturated rings. The van der Waals surface area contributed by atoms with Crippen molar-refractivity contribution >= 4 is 28.4 Å². The van der Waals surface area contributed by atoms with Crippen LogP contribution < -0.4 is 4.90 Å². The number of benzene rings is 2. The fourth-order valence-electron chi connectivity index (χ4n) is 3.98. The van der Waals surface area contributed by atoms with Crippen LogP contribution in [0.15, 0.2) is 48.5 Å². The predicted octanol–water partition coefficient (Wildman–Crippen LogP) is 4.27. The summed E-state index contributed by atoms with van der Waals surface area (Å²) in [6, 6.07) is 15.7. The number of carbonyl (C=O) groups is 2. The van der Waals surface area contributed by atoms with Crippen LogP contribution in [-0.2, 0) is 16.0 Å². The zero-order valence-corrected chi connectivity index (χ0v) is 16.6. The number of aromatic nitrogens is 2. The molecular formula is C23H25N3O2. The van der Waals surface area contributed by atoms with E-state index in [0.717, 1.165) is 29.0 Å². The predicted molar refractivity (Wildman–Crippen MR) is 111 cm³/mol. The maximum atomic E-state index is 12.8. The number of carbonyl (C=O) groups excluding carboxylic acids is 2. The van der Waals surface area contributed by atoms with Gasteiger partial charge in [0.2, 0.25) is 5.91 Å². The van der Waals surface area contributed by atoms with Crippen molar-refractivity contribution in [2.24, 2.45) is 0 Å². The van der Waals surface area contributed by atoms with Gasteiger partial charge in [-0.3, -0.25) is 9.59 Å². The van der Waals surface area contributed by atoms with Crippen molar-refractivity contribution in [1.82, 2.24) is 9.55 Å². The molecule has 1 amide bonds. The average Bonchev–Trinajstić information content (AvgIpc) is 3.28. The first-order valence-corrected chi connectivity index (χ1v) is 9.86. The summed E-state index contributed by atoms with van der Waals surface area (Å²) in [5, 5.41) is 0. The van der Waals surface area contributed by atoms with Crippen molar-refractivity contribution in [3.63, 3.8) is 0 Å². The Balaban J connectivity index is 1.71. The Hall–Kier alpha value is -2.95. The first-order chi connectivity index (χ1) is 13.5. The SMILES string of the molecule is CCc1ccc(N2CC(c3nc4ccccc4n3C(C)C(C)=O)CC2=O)cc1. The van der Waals surface area contributed by atoms with Gasteiger partial charge in [-0.15, -0.1) is 0 Å². The van der Waals surface area contributed by atoms with Crippen LogP contribution in [0.2, 0.25) is 0 Å². The van der Waals surface area contributed by atoms with Crippen molar-refractivity contribution in [2.45, 2.75) is 45.6 Å². The first-order valence-electron chi connectivity index (χ1n) is 9.86. The molecule has 5 nitrogen and oxygen atoms in total. The van der Waals surface area contributed by atoms with Crippen LogP contribution >= 0.6 is 0 Å². The lowest BCUT2D eigenvalue weighted by Crippen LogP contribution is -2.25. The Morgan fingerprint density at radius 3 is 2.57 bits per heavy atom. The molecule has 2 aromatic carbocycles. The topological polar surface area (TPSA) is 55.2 Å². The molecule has 1 aliphatic heterocycles. The van der Waals surface area contributed by atoms with Crippen LogP contribution in [0.5, 0.6) is 0 Å². The molecule has 144 valence electrons. The highest BCUT2D eigenvalue weighted by Gasteiger charge is 2.35. The van der Waals surface area contributed by atoms with Crippen LogP contribution in [0.3, 0.4) is 0 Å². The Kier molecular flexibility index (Phi) is 4.75. The number of anilines is 1. The number of fused-ring (bicyclic) bond motifs is 1. The molecule has 1 aliphatic rings. The second-order valence-electron chi connectivity index (χ2n) is 7.54.